The van der Waals surface area contributed by atoms with Crippen molar-refractivity contribution in [1.82, 2.24) is 19.6 Å². The molecule has 0 aliphatic carbocycles. The Bertz CT molecular complexity index is 1630. The van der Waals surface area contributed by atoms with E-state index in [9.17, 15) is 31.9 Å². The second-order valence-electron chi connectivity index (χ2n) is 9.90. The maximum Gasteiger partial charge on any atom is 0.405 e. The molecule has 1 atom stereocenters. The zero-order valence-electron chi connectivity index (χ0n) is 21.9. The number of rotatable bonds is 8. The third kappa shape index (κ3) is 7.76. The normalized spacial score (nSPS) is 12.6. The summed E-state index contributed by atoms with van der Waals surface area (Å²) in [6.07, 6.45) is -3.30. The zero-order chi connectivity index (χ0) is 29.9. The topological polar surface area (TPSA) is 118 Å². The molecule has 3 heterocycles. The summed E-state index contributed by atoms with van der Waals surface area (Å²) in [6, 6.07) is 9.39. The number of carbonyl (C=O) groups excluding carboxylic acids is 1. The lowest BCUT2D eigenvalue weighted by molar-refractivity contribution is -0.118. The Kier molecular flexibility index (Phi) is 8.25. The van der Waals surface area contributed by atoms with Gasteiger partial charge in [-0.2, -0.15) is 13.2 Å². The first-order chi connectivity index (χ1) is 19.2. The van der Waals surface area contributed by atoms with Gasteiger partial charge in [-0.05, 0) is 68.2 Å². The van der Waals surface area contributed by atoms with Crippen LogP contribution in [0.5, 0.6) is 0 Å². The van der Waals surface area contributed by atoms with Gasteiger partial charge >= 0.3 is 6.18 Å². The molecule has 0 fully saturated rings. The zero-order valence-corrected chi connectivity index (χ0v) is 21.9. The Morgan fingerprint density at radius 3 is 2.44 bits per heavy atom. The second kappa shape index (κ2) is 11.5. The fraction of sp³-hybridized carbons (Fsp3) is 0.286. The van der Waals surface area contributed by atoms with Crippen molar-refractivity contribution in [3.63, 3.8) is 0 Å². The predicted molar refractivity (Wildman–Crippen MR) is 141 cm³/mol. The van der Waals surface area contributed by atoms with E-state index in [0.717, 1.165) is 18.2 Å². The number of anilines is 1. The van der Waals surface area contributed by atoms with Gasteiger partial charge in [0.05, 0.1) is 5.69 Å². The molecule has 0 unspecified atom stereocenters. The molecule has 0 aliphatic rings. The molecule has 13 heteroatoms. The van der Waals surface area contributed by atoms with E-state index >= 15 is 0 Å². The number of benzene rings is 1. The van der Waals surface area contributed by atoms with Crippen molar-refractivity contribution in [3.8, 4) is 23.0 Å². The largest absolute Gasteiger partial charge is 0.405 e. The summed E-state index contributed by atoms with van der Waals surface area (Å²) in [7, 11) is 0. The van der Waals surface area contributed by atoms with Crippen LogP contribution in [0.2, 0.25) is 0 Å². The van der Waals surface area contributed by atoms with Crippen molar-refractivity contribution in [3.05, 3.63) is 77.2 Å². The van der Waals surface area contributed by atoms with Crippen LogP contribution < -0.4 is 11.1 Å². The van der Waals surface area contributed by atoms with E-state index in [1.807, 2.05) is 0 Å². The minimum atomic E-state index is -4.49. The maximum atomic E-state index is 14.0. The van der Waals surface area contributed by atoms with Crippen molar-refractivity contribution in [2.75, 3.05) is 11.9 Å². The molecule has 0 bridgehead atoms. The molecule has 0 aliphatic heterocycles. The number of alkyl halides is 3. The van der Waals surface area contributed by atoms with Crippen LogP contribution in [0.1, 0.15) is 43.1 Å². The van der Waals surface area contributed by atoms with Crippen LogP contribution in [0.3, 0.4) is 0 Å². The van der Waals surface area contributed by atoms with Crippen LogP contribution in [-0.2, 0) is 11.2 Å². The van der Waals surface area contributed by atoms with E-state index < -0.39 is 41.8 Å². The van der Waals surface area contributed by atoms with E-state index in [2.05, 4.69) is 32.3 Å². The van der Waals surface area contributed by atoms with Crippen molar-refractivity contribution >= 4 is 17.5 Å². The molecule has 4 N–H and O–H groups in total. The first kappa shape index (κ1) is 29.4. The van der Waals surface area contributed by atoms with E-state index in [-0.39, 0.29) is 41.4 Å². The van der Waals surface area contributed by atoms with Gasteiger partial charge in [-0.3, -0.25) is 9.20 Å². The number of hydrogen-bond acceptors (Lipinski definition) is 6. The molecule has 0 saturated heterocycles. The van der Waals surface area contributed by atoms with Gasteiger partial charge in [0.1, 0.15) is 29.5 Å². The molecule has 1 aromatic carbocycles. The first-order valence-electron chi connectivity index (χ1n) is 12.3. The molecular weight excluding hydrogens is 547 g/mol. The average Bonchev–Trinajstić information content (AvgIpc) is 3.27. The second-order valence-corrected chi connectivity index (χ2v) is 9.90. The Morgan fingerprint density at radius 1 is 1.10 bits per heavy atom. The van der Waals surface area contributed by atoms with Crippen molar-refractivity contribution in [1.29, 1.82) is 0 Å². The maximum absolute atomic E-state index is 14.0. The summed E-state index contributed by atoms with van der Waals surface area (Å²) in [6.45, 7) is 1.64. The van der Waals surface area contributed by atoms with Gasteiger partial charge in [-0.1, -0.05) is 5.92 Å². The number of nitrogens with zero attached hydrogens (tertiary/aromatic N) is 4. The number of aliphatic hydroxyl groups is 1. The number of halogens is 5. The van der Waals surface area contributed by atoms with Crippen LogP contribution in [0.25, 0.3) is 16.8 Å². The number of hydrogen-bond donors (Lipinski definition) is 3. The van der Waals surface area contributed by atoms with Gasteiger partial charge in [-0.15, -0.1) is 10.2 Å². The summed E-state index contributed by atoms with van der Waals surface area (Å²) in [4.78, 5) is 16.8. The van der Waals surface area contributed by atoms with Crippen LogP contribution in [0.4, 0.5) is 27.9 Å². The molecule has 1 amide bonds. The van der Waals surface area contributed by atoms with Gasteiger partial charge in [0.2, 0.25) is 11.9 Å². The highest BCUT2D eigenvalue weighted by Gasteiger charge is 2.28. The van der Waals surface area contributed by atoms with E-state index in [4.69, 9.17) is 5.73 Å². The lowest BCUT2D eigenvalue weighted by atomic mass is 9.87. The lowest BCUT2D eigenvalue weighted by Gasteiger charge is -2.20. The molecule has 0 radical (unpaired) electrons. The molecule has 0 spiro atoms. The van der Waals surface area contributed by atoms with E-state index in [0.29, 0.717) is 11.1 Å². The van der Waals surface area contributed by atoms with Gasteiger partial charge in [-0.25, -0.2) is 13.8 Å². The minimum absolute atomic E-state index is 0.0335. The molecule has 3 aromatic heterocycles. The molecule has 41 heavy (non-hydrogen) atoms. The Morgan fingerprint density at radius 2 is 1.80 bits per heavy atom. The fourth-order valence-electron chi connectivity index (χ4n) is 4.25. The Balaban J connectivity index is 1.89. The van der Waals surface area contributed by atoms with Crippen molar-refractivity contribution in [2.24, 2.45) is 5.73 Å². The number of nitrogens with one attached hydrogen (secondary N) is 1. The smallest absolute Gasteiger partial charge is 0.378 e. The van der Waals surface area contributed by atoms with Crippen LogP contribution in [0.15, 0.2) is 48.7 Å². The highest BCUT2D eigenvalue weighted by atomic mass is 19.4. The highest BCUT2D eigenvalue weighted by Crippen LogP contribution is 2.35. The van der Waals surface area contributed by atoms with Crippen LogP contribution in [0, 0.1) is 23.5 Å². The summed E-state index contributed by atoms with van der Waals surface area (Å²) in [5.41, 5.74) is 5.97. The molecule has 4 aromatic rings. The monoisotopic (exact) mass is 572 g/mol. The molecule has 4 rings (SSSR count). The standard InChI is InChI=1S/C28H25F5N6O2/c1-27(2,41)8-7-20-5-6-21(22-4-3-9-39-25(22)37-38-26(39)35-15-28(31,32)33)24(36-20)17(13-23(34)40)10-16-11-18(29)14-19(30)12-16/h3-6,9,11-12,14,17,41H,10,13,15H2,1-2H3,(H2,34,40)(H,35,38)/t17-/m0/s1. The van der Waals surface area contributed by atoms with Crippen LogP contribution in [-0.4, -0.2) is 48.9 Å². The molecular formula is C28H25F5N6O2. The van der Waals surface area contributed by atoms with Crippen molar-refractivity contribution in [2.45, 2.75) is 44.4 Å². The first-order valence-corrected chi connectivity index (χ1v) is 12.3. The van der Waals surface area contributed by atoms with Gasteiger partial charge in [0.15, 0.2) is 5.65 Å². The van der Waals surface area contributed by atoms with Crippen molar-refractivity contribution < 1.29 is 31.9 Å². The number of primary amides is 1. The predicted octanol–water partition coefficient (Wildman–Crippen LogP) is 4.37. The fourth-order valence-corrected chi connectivity index (χ4v) is 4.25. The van der Waals surface area contributed by atoms with Gasteiger partial charge in [0, 0.05) is 35.7 Å². The number of aromatic nitrogens is 4. The number of amides is 1. The third-order valence-electron chi connectivity index (χ3n) is 5.83. The summed E-state index contributed by atoms with van der Waals surface area (Å²) >= 11 is 0. The Labute approximate surface area is 231 Å². The highest BCUT2D eigenvalue weighted by molar-refractivity contribution is 5.81. The number of carbonyl (C=O) groups is 1. The number of pyridine rings is 2. The quantitative estimate of drug-likeness (QED) is 0.213. The molecule has 214 valence electrons. The average molecular weight is 573 g/mol. The summed E-state index contributed by atoms with van der Waals surface area (Å²) in [5.74, 6) is 2.17. The summed E-state index contributed by atoms with van der Waals surface area (Å²) < 4.78 is 67.7. The number of nitrogens with two attached hydrogens (primary N) is 1. The minimum Gasteiger partial charge on any atom is -0.378 e. The lowest BCUT2D eigenvalue weighted by Crippen LogP contribution is -2.22. The number of fused-ring (bicyclic) bond motifs is 1. The van der Waals surface area contributed by atoms with Crippen LogP contribution >= 0.6 is 0 Å². The summed E-state index contributed by atoms with van der Waals surface area (Å²) in [5, 5.41) is 20.2. The molecule has 0 saturated carbocycles. The third-order valence-corrected chi connectivity index (χ3v) is 5.83. The Hall–Kier alpha value is -4.57. The van der Waals surface area contributed by atoms with E-state index in [1.165, 1.54) is 24.4 Å². The van der Waals surface area contributed by atoms with Gasteiger partial charge < -0.3 is 16.2 Å². The van der Waals surface area contributed by atoms with Gasteiger partial charge in [0.25, 0.3) is 0 Å². The van der Waals surface area contributed by atoms with E-state index in [1.54, 1.807) is 24.3 Å². The SMILES string of the molecule is CC(C)(O)C#Cc1ccc(-c2cccn3c(NCC(F)(F)F)nnc23)c([C@H](CC(N)=O)Cc2cc(F)cc(F)c2)n1. The molecule has 8 nitrogen and oxygen atoms in total.